The molecule has 0 N–H and O–H groups in total. The van der Waals surface area contributed by atoms with E-state index in [4.69, 9.17) is 0 Å². The molecule has 0 heterocycles. The fraction of sp³-hybridized carbons (Fsp3) is 0.385. The predicted molar refractivity (Wildman–Crippen MR) is 73.3 cm³/mol. The number of esters is 1. The molecule has 0 saturated carbocycles. The van der Waals surface area contributed by atoms with Gasteiger partial charge < -0.3 is 9.64 Å². The summed E-state index contributed by atoms with van der Waals surface area (Å²) in [5.41, 5.74) is -1.28. The van der Waals surface area contributed by atoms with Gasteiger partial charge in [0.05, 0.1) is 12.8 Å². The molecular formula is C13H15BrFNO3. The summed E-state index contributed by atoms with van der Waals surface area (Å²) in [6.07, 6.45) is 0. The molecule has 0 aliphatic carbocycles. The summed E-state index contributed by atoms with van der Waals surface area (Å²) in [5, 5.41) is 0. The van der Waals surface area contributed by atoms with Crippen LogP contribution in [0.1, 0.15) is 13.8 Å². The van der Waals surface area contributed by atoms with E-state index >= 15 is 0 Å². The fourth-order valence-corrected chi connectivity index (χ4v) is 1.96. The first-order chi connectivity index (χ1) is 8.71. The molecule has 0 aromatic heterocycles. The van der Waals surface area contributed by atoms with Crippen LogP contribution in [0, 0.1) is 11.2 Å². The molecule has 4 nitrogen and oxygen atoms in total. The normalized spacial score (nSPS) is 11.1. The van der Waals surface area contributed by atoms with Crippen molar-refractivity contribution in [3.05, 3.63) is 28.5 Å². The Morgan fingerprint density at radius 1 is 1.37 bits per heavy atom. The van der Waals surface area contributed by atoms with Crippen LogP contribution in [0.3, 0.4) is 0 Å². The maximum atomic E-state index is 13.7. The van der Waals surface area contributed by atoms with E-state index < -0.39 is 23.1 Å². The summed E-state index contributed by atoms with van der Waals surface area (Å²) < 4.78 is 18.9. The zero-order chi connectivity index (χ0) is 14.8. The van der Waals surface area contributed by atoms with Gasteiger partial charge in [-0.3, -0.25) is 9.59 Å². The van der Waals surface area contributed by atoms with Crippen LogP contribution in [0.25, 0.3) is 0 Å². The van der Waals surface area contributed by atoms with Crippen LogP contribution < -0.4 is 4.90 Å². The Kier molecular flexibility index (Phi) is 4.68. The lowest BCUT2D eigenvalue weighted by molar-refractivity contribution is -0.155. The largest absolute Gasteiger partial charge is 0.468 e. The van der Waals surface area contributed by atoms with Crippen molar-refractivity contribution in [1.29, 1.82) is 0 Å². The highest BCUT2D eigenvalue weighted by molar-refractivity contribution is 9.10. The Hall–Kier alpha value is -1.43. The zero-order valence-corrected chi connectivity index (χ0v) is 12.7. The summed E-state index contributed by atoms with van der Waals surface area (Å²) in [7, 11) is 2.62. The van der Waals surface area contributed by atoms with Gasteiger partial charge in [0.2, 0.25) is 5.91 Å². The molecular weight excluding hydrogens is 317 g/mol. The number of methoxy groups -OCH3 is 1. The van der Waals surface area contributed by atoms with Crippen molar-refractivity contribution < 1.29 is 18.7 Å². The second kappa shape index (κ2) is 5.69. The average Bonchev–Trinajstić information content (AvgIpc) is 2.38. The Bertz CT molecular complexity index is 517. The van der Waals surface area contributed by atoms with Crippen LogP contribution in [0.5, 0.6) is 0 Å². The van der Waals surface area contributed by atoms with Crippen LogP contribution in [-0.2, 0) is 14.3 Å². The quantitative estimate of drug-likeness (QED) is 0.632. The molecule has 1 aromatic carbocycles. The predicted octanol–water partition coefficient (Wildman–Crippen LogP) is 2.75. The summed E-state index contributed by atoms with van der Waals surface area (Å²) in [4.78, 5) is 25.0. The number of amides is 1. The van der Waals surface area contributed by atoms with Crippen molar-refractivity contribution in [2.45, 2.75) is 13.8 Å². The highest BCUT2D eigenvalue weighted by Crippen LogP contribution is 2.28. The molecule has 0 unspecified atom stereocenters. The molecule has 1 rings (SSSR count). The van der Waals surface area contributed by atoms with E-state index in [-0.39, 0.29) is 5.69 Å². The molecule has 0 radical (unpaired) electrons. The smallest absolute Gasteiger partial charge is 0.320 e. The van der Waals surface area contributed by atoms with Gasteiger partial charge in [-0.2, -0.15) is 0 Å². The molecule has 0 bridgehead atoms. The van der Waals surface area contributed by atoms with Crippen LogP contribution >= 0.6 is 15.9 Å². The van der Waals surface area contributed by atoms with Crippen LogP contribution in [0.2, 0.25) is 0 Å². The van der Waals surface area contributed by atoms with Gasteiger partial charge in [-0.1, -0.05) is 15.9 Å². The van der Waals surface area contributed by atoms with Gasteiger partial charge in [0.25, 0.3) is 0 Å². The maximum absolute atomic E-state index is 13.7. The summed E-state index contributed by atoms with van der Waals surface area (Å²) in [6.45, 7) is 2.88. The molecule has 1 amide bonds. The van der Waals surface area contributed by atoms with Crippen molar-refractivity contribution in [3.63, 3.8) is 0 Å². The minimum atomic E-state index is -1.38. The second-order valence-electron chi connectivity index (χ2n) is 4.58. The number of halogens is 2. The van der Waals surface area contributed by atoms with Gasteiger partial charge in [0.15, 0.2) is 0 Å². The number of nitrogens with zero attached hydrogens (tertiary/aromatic N) is 1. The third kappa shape index (κ3) is 3.12. The SMILES string of the molecule is COC(=O)C(C)(C)C(=O)N(C)c1cc(Br)ccc1F. The third-order valence-electron chi connectivity index (χ3n) is 2.80. The van der Waals surface area contributed by atoms with E-state index in [0.29, 0.717) is 4.47 Å². The van der Waals surface area contributed by atoms with E-state index in [0.717, 1.165) is 4.90 Å². The number of hydrogen-bond donors (Lipinski definition) is 0. The average molecular weight is 332 g/mol. The number of ether oxygens (including phenoxy) is 1. The lowest BCUT2D eigenvalue weighted by Gasteiger charge is -2.27. The number of hydrogen-bond acceptors (Lipinski definition) is 3. The molecule has 19 heavy (non-hydrogen) atoms. The standard InChI is InChI=1S/C13H15BrFNO3/c1-13(2,12(18)19-4)11(17)16(3)10-7-8(14)5-6-9(10)15/h5-7H,1-4H3. The van der Waals surface area contributed by atoms with Crippen molar-refractivity contribution in [1.82, 2.24) is 0 Å². The van der Waals surface area contributed by atoms with E-state index in [1.807, 2.05) is 0 Å². The lowest BCUT2D eigenvalue weighted by Crippen LogP contribution is -2.44. The summed E-state index contributed by atoms with van der Waals surface area (Å²) in [5.74, 6) is -1.75. The molecule has 0 aliphatic rings. The Morgan fingerprint density at radius 3 is 2.47 bits per heavy atom. The summed E-state index contributed by atoms with van der Waals surface area (Å²) in [6, 6.07) is 4.25. The first-order valence-corrected chi connectivity index (χ1v) is 6.32. The Balaban J connectivity index is 3.13. The van der Waals surface area contributed by atoms with Gasteiger partial charge in [-0.25, -0.2) is 4.39 Å². The molecule has 0 spiro atoms. The van der Waals surface area contributed by atoms with Gasteiger partial charge >= 0.3 is 5.97 Å². The fourth-order valence-electron chi connectivity index (χ4n) is 1.61. The minimum Gasteiger partial charge on any atom is -0.468 e. The Labute approximate surface area is 119 Å². The topological polar surface area (TPSA) is 46.6 Å². The summed E-state index contributed by atoms with van der Waals surface area (Å²) >= 11 is 3.21. The lowest BCUT2D eigenvalue weighted by atomic mass is 9.91. The van der Waals surface area contributed by atoms with Crippen molar-refractivity contribution >= 4 is 33.5 Å². The first-order valence-electron chi connectivity index (χ1n) is 5.53. The monoisotopic (exact) mass is 331 g/mol. The van der Waals surface area contributed by atoms with Crippen molar-refractivity contribution in [3.8, 4) is 0 Å². The van der Waals surface area contributed by atoms with E-state index in [1.165, 1.54) is 46.2 Å². The van der Waals surface area contributed by atoms with Crippen molar-refractivity contribution in [2.24, 2.45) is 5.41 Å². The second-order valence-corrected chi connectivity index (χ2v) is 5.49. The third-order valence-corrected chi connectivity index (χ3v) is 3.30. The molecule has 0 saturated heterocycles. The molecule has 0 fully saturated rings. The van der Waals surface area contributed by atoms with E-state index in [9.17, 15) is 14.0 Å². The number of carbonyl (C=O) groups excluding carboxylic acids is 2. The number of anilines is 1. The van der Waals surface area contributed by atoms with Crippen LogP contribution in [-0.4, -0.2) is 26.0 Å². The van der Waals surface area contributed by atoms with Gasteiger partial charge in [0.1, 0.15) is 11.2 Å². The molecule has 1 aromatic rings. The zero-order valence-electron chi connectivity index (χ0n) is 11.2. The number of benzene rings is 1. The molecule has 0 aliphatic heterocycles. The highest BCUT2D eigenvalue weighted by atomic mass is 79.9. The maximum Gasteiger partial charge on any atom is 0.320 e. The number of carbonyl (C=O) groups is 2. The first kappa shape index (κ1) is 15.6. The molecule has 104 valence electrons. The van der Waals surface area contributed by atoms with E-state index in [2.05, 4.69) is 20.7 Å². The van der Waals surface area contributed by atoms with E-state index in [1.54, 1.807) is 0 Å². The van der Waals surface area contributed by atoms with Gasteiger partial charge in [-0.15, -0.1) is 0 Å². The minimum absolute atomic E-state index is 0.0938. The molecule has 6 heteroatoms. The van der Waals surface area contributed by atoms with Gasteiger partial charge in [-0.05, 0) is 32.0 Å². The van der Waals surface area contributed by atoms with Crippen LogP contribution in [0.4, 0.5) is 10.1 Å². The molecule has 0 atom stereocenters. The number of rotatable bonds is 3. The van der Waals surface area contributed by atoms with Crippen LogP contribution in [0.15, 0.2) is 22.7 Å². The highest BCUT2D eigenvalue weighted by Gasteiger charge is 2.40. The van der Waals surface area contributed by atoms with Crippen molar-refractivity contribution in [2.75, 3.05) is 19.1 Å². The van der Waals surface area contributed by atoms with Gasteiger partial charge in [0, 0.05) is 11.5 Å². The Morgan fingerprint density at radius 2 is 1.95 bits per heavy atom.